The Kier molecular flexibility index (Phi) is 4.39. The van der Waals surface area contributed by atoms with Gasteiger partial charge in [-0.25, -0.2) is 4.90 Å². The van der Waals surface area contributed by atoms with E-state index in [0.29, 0.717) is 12.2 Å². The van der Waals surface area contributed by atoms with Crippen molar-refractivity contribution in [1.29, 1.82) is 0 Å². The van der Waals surface area contributed by atoms with Crippen molar-refractivity contribution in [3.05, 3.63) is 60.2 Å². The average molecular weight is 326 g/mol. The van der Waals surface area contributed by atoms with Gasteiger partial charge in [0.25, 0.3) is 11.1 Å². The quantitative estimate of drug-likeness (QED) is 0.850. The van der Waals surface area contributed by atoms with Gasteiger partial charge in [0.1, 0.15) is 0 Å². The number of hydrogen-bond donors (Lipinski definition) is 0. The minimum absolute atomic E-state index is 0.186. The van der Waals surface area contributed by atoms with Gasteiger partial charge in [-0.15, -0.1) is 0 Å². The smallest absolute Gasteiger partial charge is 0.295 e. The lowest BCUT2D eigenvalue weighted by Crippen LogP contribution is -2.41. The van der Waals surface area contributed by atoms with Crippen molar-refractivity contribution in [1.82, 2.24) is 0 Å². The molecule has 0 bridgehead atoms. The monoisotopic (exact) mass is 326 g/mol. The third-order valence-corrected chi connectivity index (χ3v) is 4.89. The molecule has 1 heterocycles. The van der Waals surface area contributed by atoms with Crippen LogP contribution in [0.2, 0.25) is 0 Å². The van der Waals surface area contributed by atoms with E-state index in [1.54, 1.807) is 0 Å². The van der Waals surface area contributed by atoms with Gasteiger partial charge in [0.05, 0.1) is 5.69 Å². The average Bonchev–Trinajstić information content (AvgIpc) is 2.85. The predicted molar refractivity (Wildman–Crippen MR) is 94.9 cm³/mol. The van der Waals surface area contributed by atoms with Gasteiger partial charge in [0, 0.05) is 12.2 Å². The summed E-state index contributed by atoms with van der Waals surface area (Å²) in [7, 11) is 0. The number of imide groups is 1. The fourth-order valence-corrected chi connectivity index (χ4v) is 3.72. The zero-order chi connectivity index (χ0) is 16.4. The summed E-state index contributed by atoms with van der Waals surface area (Å²) in [6.07, 6.45) is 0. The molecular weight excluding hydrogens is 308 g/mol. The number of benzene rings is 2. The molecule has 0 spiro atoms. The number of aryl methyl sites for hydroxylation is 1. The number of carbonyl (C=O) groups excluding carboxylic acids is 2. The first-order valence-electron chi connectivity index (χ1n) is 7.54. The van der Waals surface area contributed by atoms with Crippen molar-refractivity contribution in [3.8, 4) is 0 Å². The summed E-state index contributed by atoms with van der Waals surface area (Å²) >= 11 is 1.07. The highest BCUT2D eigenvalue weighted by Gasteiger charge is 2.43. The standard InChI is InChI=1S/C18H18N2O2S/c1-3-19(14-7-5-4-6-8-14)17-16(21)20(18(22)23-17)15-11-9-13(2)10-12-15/h4-12,17H,3H2,1-2H3/t17-/m0/s1. The second-order valence-corrected chi connectivity index (χ2v) is 6.40. The van der Waals surface area contributed by atoms with E-state index in [-0.39, 0.29) is 11.1 Å². The number of nitrogens with zero attached hydrogens (tertiary/aromatic N) is 2. The highest BCUT2D eigenvalue weighted by atomic mass is 32.2. The lowest BCUT2D eigenvalue weighted by atomic mass is 10.2. The van der Waals surface area contributed by atoms with Crippen molar-refractivity contribution in [2.75, 3.05) is 16.3 Å². The van der Waals surface area contributed by atoms with E-state index in [0.717, 1.165) is 23.0 Å². The number of para-hydroxylation sites is 1. The lowest BCUT2D eigenvalue weighted by molar-refractivity contribution is -0.117. The second kappa shape index (κ2) is 6.46. The largest absolute Gasteiger partial charge is 0.351 e. The maximum atomic E-state index is 12.8. The number of carbonyl (C=O) groups is 2. The molecule has 1 saturated heterocycles. The molecule has 0 aromatic heterocycles. The van der Waals surface area contributed by atoms with Crippen molar-refractivity contribution in [2.24, 2.45) is 0 Å². The van der Waals surface area contributed by atoms with Crippen LogP contribution in [0, 0.1) is 6.92 Å². The van der Waals surface area contributed by atoms with Crippen molar-refractivity contribution >= 4 is 34.3 Å². The summed E-state index contributed by atoms with van der Waals surface area (Å²) in [6.45, 7) is 4.62. The van der Waals surface area contributed by atoms with E-state index in [1.165, 1.54) is 4.90 Å². The number of hydrogen-bond acceptors (Lipinski definition) is 4. The Morgan fingerprint density at radius 3 is 2.30 bits per heavy atom. The Morgan fingerprint density at radius 1 is 1.04 bits per heavy atom. The van der Waals surface area contributed by atoms with Gasteiger partial charge in [-0.1, -0.05) is 35.9 Å². The summed E-state index contributed by atoms with van der Waals surface area (Å²) in [4.78, 5) is 28.4. The predicted octanol–water partition coefficient (Wildman–Crippen LogP) is 4.05. The number of amides is 2. The second-order valence-electron chi connectivity index (χ2n) is 5.37. The highest BCUT2D eigenvalue weighted by molar-refractivity contribution is 8.16. The van der Waals surface area contributed by atoms with E-state index in [9.17, 15) is 9.59 Å². The molecule has 1 atom stereocenters. The molecule has 3 rings (SSSR count). The van der Waals surface area contributed by atoms with Crippen LogP contribution in [0.15, 0.2) is 54.6 Å². The number of rotatable bonds is 4. The fourth-order valence-electron chi connectivity index (χ4n) is 2.63. The van der Waals surface area contributed by atoms with Crippen molar-refractivity contribution in [2.45, 2.75) is 19.2 Å². The van der Waals surface area contributed by atoms with Crippen molar-refractivity contribution in [3.63, 3.8) is 0 Å². The molecule has 0 N–H and O–H groups in total. The molecule has 5 heteroatoms. The van der Waals surface area contributed by atoms with Gasteiger partial charge in [-0.05, 0) is 49.9 Å². The van der Waals surface area contributed by atoms with Gasteiger partial charge in [-0.2, -0.15) is 0 Å². The van der Waals surface area contributed by atoms with Gasteiger partial charge in [0.15, 0.2) is 5.37 Å². The molecular formula is C18H18N2O2S. The first-order valence-corrected chi connectivity index (χ1v) is 8.42. The normalized spacial score (nSPS) is 17.7. The zero-order valence-electron chi connectivity index (χ0n) is 13.1. The molecule has 0 aliphatic carbocycles. The SMILES string of the molecule is CCN(c1ccccc1)[C@H]1SC(=O)N(c2ccc(C)cc2)C1=O. The number of anilines is 2. The number of likely N-dealkylation sites (N-methyl/N-ethyl adjacent to an activating group) is 1. The molecule has 118 valence electrons. The van der Waals surface area contributed by atoms with E-state index >= 15 is 0 Å². The molecule has 1 aliphatic heterocycles. The minimum atomic E-state index is -0.517. The lowest BCUT2D eigenvalue weighted by Gasteiger charge is -2.27. The zero-order valence-corrected chi connectivity index (χ0v) is 13.9. The fraction of sp³-hybridized carbons (Fsp3) is 0.222. The molecule has 4 nitrogen and oxygen atoms in total. The summed E-state index contributed by atoms with van der Waals surface area (Å²) in [5, 5.41) is -0.741. The third kappa shape index (κ3) is 2.97. The summed E-state index contributed by atoms with van der Waals surface area (Å²) in [5.74, 6) is -0.186. The van der Waals surface area contributed by atoms with Crippen LogP contribution in [-0.2, 0) is 4.79 Å². The summed E-state index contributed by atoms with van der Waals surface area (Å²) in [6, 6.07) is 17.1. The highest BCUT2D eigenvalue weighted by Crippen LogP contribution is 2.35. The first-order chi connectivity index (χ1) is 11.1. The molecule has 0 unspecified atom stereocenters. The van der Waals surface area contributed by atoms with Crippen LogP contribution in [0.25, 0.3) is 0 Å². The summed E-state index contributed by atoms with van der Waals surface area (Å²) in [5.41, 5.74) is 2.67. The van der Waals surface area contributed by atoms with Crippen LogP contribution < -0.4 is 9.80 Å². The molecule has 2 aromatic rings. The first kappa shape index (κ1) is 15.6. The van der Waals surface area contributed by atoms with E-state index in [1.807, 2.05) is 73.3 Å². The van der Waals surface area contributed by atoms with E-state index < -0.39 is 5.37 Å². The maximum absolute atomic E-state index is 12.8. The maximum Gasteiger partial charge on any atom is 0.295 e. The van der Waals surface area contributed by atoms with Gasteiger partial charge < -0.3 is 4.90 Å². The molecule has 2 aromatic carbocycles. The third-order valence-electron chi connectivity index (χ3n) is 3.83. The van der Waals surface area contributed by atoms with Crippen molar-refractivity contribution < 1.29 is 9.59 Å². The number of thioether (sulfide) groups is 1. The van der Waals surface area contributed by atoms with Crippen LogP contribution >= 0.6 is 11.8 Å². The molecule has 0 saturated carbocycles. The van der Waals surface area contributed by atoms with Crippen LogP contribution in [-0.4, -0.2) is 23.1 Å². The molecule has 0 radical (unpaired) electrons. The van der Waals surface area contributed by atoms with Crippen LogP contribution in [0.3, 0.4) is 0 Å². The van der Waals surface area contributed by atoms with Gasteiger partial charge in [-0.3, -0.25) is 9.59 Å². The Bertz CT molecular complexity index is 716. The molecule has 1 aliphatic rings. The Hall–Kier alpha value is -2.27. The minimum Gasteiger partial charge on any atom is -0.351 e. The Morgan fingerprint density at radius 2 is 1.70 bits per heavy atom. The van der Waals surface area contributed by atoms with Gasteiger partial charge >= 0.3 is 0 Å². The Labute approximate surface area is 140 Å². The molecule has 2 amide bonds. The van der Waals surface area contributed by atoms with E-state index in [4.69, 9.17) is 0 Å². The molecule has 23 heavy (non-hydrogen) atoms. The van der Waals surface area contributed by atoms with E-state index in [2.05, 4.69) is 0 Å². The summed E-state index contributed by atoms with van der Waals surface area (Å²) < 4.78 is 0. The molecule has 1 fully saturated rings. The Balaban J connectivity index is 1.90. The van der Waals surface area contributed by atoms with Crippen LogP contribution in [0.4, 0.5) is 16.2 Å². The van der Waals surface area contributed by atoms with Crippen LogP contribution in [0.5, 0.6) is 0 Å². The topological polar surface area (TPSA) is 40.6 Å². The van der Waals surface area contributed by atoms with Gasteiger partial charge in [0.2, 0.25) is 0 Å². The van der Waals surface area contributed by atoms with Crippen LogP contribution in [0.1, 0.15) is 12.5 Å².